The van der Waals surface area contributed by atoms with Crippen molar-refractivity contribution in [3.05, 3.63) is 40.9 Å². The summed E-state index contributed by atoms with van der Waals surface area (Å²) in [6.45, 7) is 2.09. The second-order valence-electron chi connectivity index (χ2n) is 4.07. The number of aromatic nitrogens is 2. The molecule has 0 bridgehead atoms. The molecule has 17 heavy (non-hydrogen) atoms. The van der Waals surface area contributed by atoms with Crippen LogP contribution >= 0.6 is 0 Å². The van der Waals surface area contributed by atoms with Crippen molar-refractivity contribution in [1.29, 1.82) is 0 Å². The van der Waals surface area contributed by atoms with Gasteiger partial charge in [0.05, 0.1) is 17.2 Å². The predicted molar refractivity (Wildman–Crippen MR) is 65.9 cm³/mol. The predicted octanol–water partition coefficient (Wildman–Crippen LogP) is 1.77. The van der Waals surface area contributed by atoms with E-state index in [0.717, 1.165) is 0 Å². The van der Waals surface area contributed by atoms with E-state index in [1.54, 1.807) is 23.9 Å². The van der Waals surface area contributed by atoms with Crippen LogP contribution in [0.3, 0.4) is 0 Å². The number of rotatable bonds is 4. The summed E-state index contributed by atoms with van der Waals surface area (Å²) in [5.41, 5.74) is 0.666. The molecule has 0 atom stereocenters. The highest BCUT2D eigenvalue weighted by Gasteiger charge is 2.03. The summed E-state index contributed by atoms with van der Waals surface area (Å²) in [5, 5.41) is 0.623. The van der Waals surface area contributed by atoms with E-state index in [2.05, 4.69) is 4.98 Å². The average Bonchev–Trinajstić information content (AvgIpc) is 2.32. The number of para-hydroxylation sites is 1. The Labute approximate surface area is 98.9 Å². The molecule has 0 aliphatic heterocycles. The quantitative estimate of drug-likeness (QED) is 0.804. The van der Waals surface area contributed by atoms with Crippen molar-refractivity contribution in [2.24, 2.45) is 0 Å². The van der Waals surface area contributed by atoms with Crippen molar-refractivity contribution in [3.8, 4) is 0 Å². The maximum Gasteiger partial charge on any atom is 0.261 e. The lowest BCUT2D eigenvalue weighted by Crippen LogP contribution is -2.20. The van der Waals surface area contributed by atoms with E-state index in [0.29, 0.717) is 30.3 Å². The lowest BCUT2D eigenvalue weighted by molar-refractivity contribution is -0.117. The van der Waals surface area contributed by atoms with Crippen LogP contribution in [0.15, 0.2) is 35.4 Å². The largest absolute Gasteiger partial charge is 0.300 e. The van der Waals surface area contributed by atoms with Gasteiger partial charge in [-0.3, -0.25) is 9.36 Å². The van der Waals surface area contributed by atoms with Crippen LogP contribution in [0, 0.1) is 0 Å². The van der Waals surface area contributed by atoms with Gasteiger partial charge in [-0.2, -0.15) is 0 Å². The number of fused-ring (bicyclic) bond motifs is 1. The molecule has 1 aromatic carbocycles. The minimum absolute atomic E-state index is 0.0425. The molecule has 0 spiro atoms. The lowest BCUT2D eigenvalue weighted by atomic mass is 10.2. The van der Waals surface area contributed by atoms with Crippen LogP contribution in [0.1, 0.15) is 19.8 Å². The summed E-state index contributed by atoms with van der Waals surface area (Å²) in [6, 6.07) is 7.27. The monoisotopic (exact) mass is 230 g/mol. The van der Waals surface area contributed by atoms with Crippen molar-refractivity contribution in [2.75, 3.05) is 0 Å². The van der Waals surface area contributed by atoms with Crippen LogP contribution in [-0.2, 0) is 11.3 Å². The Morgan fingerprint density at radius 2 is 2.12 bits per heavy atom. The second-order valence-corrected chi connectivity index (χ2v) is 4.07. The van der Waals surface area contributed by atoms with E-state index in [1.165, 1.54) is 0 Å². The summed E-state index contributed by atoms with van der Waals surface area (Å²) in [4.78, 5) is 27.1. The van der Waals surface area contributed by atoms with Gasteiger partial charge in [0.2, 0.25) is 0 Å². The van der Waals surface area contributed by atoms with Gasteiger partial charge in [-0.05, 0) is 25.5 Å². The first-order chi connectivity index (χ1) is 8.18. The average molecular weight is 230 g/mol. The van der Waals surface area contributed by atoms with Gasteiger partial charge in [0.25, 0.3) is 5.56 Å². The topological polar surface area (TPSA) is 52.0 Å². The van der Waals surface area contributed by atoms with Crippen molar-refractivity contribution in [3.63, 3.8) is 0 Å². The molecular formula is C13H14N2O2. The molecule has 0 saturated heterocycles. The van der Waals surface area contributed by atoms with Crippen LogP contribution in [0.25, 0.3) is 10.9 Å². The Morgan fingerprint density at radius 1 is 1.35 bits per heavy atom. The molecule has 0 unspecified atom stereocenters. The maximum absolute atomic E-state index is 12.0. The van der Waals surface area contributed by atoms with Gasteiger partial charge in [0.1, 0.15) is 5.78 Å². The summed E-state index contributed by atoms with van der Waals surface area (Å²) in [7, 11) is 0. The first-order valence-electron chi connectivity index (χ1n) is 5.62. The summed E-state index contributed by atoms with van der Waals surface area (Å²) in [5.74, 6) is 0.145. The number of benzene rings is 1. The molecule has 0 amide bonds. The zero-order chi connectivity index (χ0) is 12.3. The van der Waals surface area contributed by atoms with Gasteiger partial charge in [0, 0.05) is 13.0 Å². The maximum atomic E-state index is 12.0. The number of ketones is 1. The summed E-state index contributed by atoms with van der Waals surface area (Å²) < 4.78 is 1.56. The molecule has 0 saturated carbocycles. The van der Waals surface area contributed by atoms with Gasteiger partial charge in [0.15, 0.2) is 0 Å². The second kappa shape index (κ2) is 4.91. The highest BCUT2D eigenvalue weighted by molar-refractivity contribution is 5.77. The van der Waals surface area contributed by atoms with Crippen LogP contribution in [0.4, 0.5) is 0 Å². The Kier molecular flexibility index (Phi) is 3.32. The van der Waals surface area contributed by atoms with Gasteiger partial charge >= 0.3 is 0 Å². The molecule has 0 N–H and O–H groups in total. The molecule has 0 radical (unpaired) electrons. The normalized spacial score (nSPS) is 10.6. The van der Waals surface area contributed by atoms with Crippen LogP contribution in [-0.4, -0.2) is 15.3 Å². The fraction of sp³-hybridized carbons (Fsp3) is 0.308. The number of Topliss-reactive ketones (excluding diaryl/α,β-unsaturated/α-hetero) is 1. The number of carbonyl (C=O) groups is 1. The minimum atomic E-state index is -0.0425. The molecule has 2 aromatic rings. The van der Waals surface area contributed by atoms with E-state index in [-0.39, 0.29) is 11.3 Å². The van der Waals surface area contributed by atoms with Crippen LogP contribution in [0.2, 0.25) is 0 Å². The number of carbonyl (C=O) groups excluding carboxylic acids is 1. The molecule has 0 fully saturated rings. The van der Waals surface area contributed by atoms with Gasteiger partial charge in [-0.15, -0.1) is 0 Å². The van der Waals surface area contributed by atoms with Gasteiger partial charge in [-0.1, -0.05) is 12.1 Å². The number of hydrogen-bond donors (Lipinski definition) is 0. The molecule has 2 rings (SSSR count). The van der Waals surface area contributed by atoms with E-state index in [1.807, 2.05) is 18.2 Å². The van der Waals surface area contributed by atoms with Crippen molar-refractivity contribution < 1.29 is 4.79 Å². The van der Waals surface area contributed by atoms with Crippen molar-refractivity contribution in [2.45, 2.75) is 26.3 Å². The number of nitrogens with zero attached hydrogens (tertiary/aromatic N) is 2. The minimum Gasteiger partial charge on any atom is -0.300 e. The lowest BCUT2D eigenvalue weighted by Gasteiger charge is -2.05. The molecular weight excluding hydrogens is 216 g/mol. The summed E-state index contributed by atoms with van der Waals surface area (Å²) in [6.07, 6.45) is 2.72. The summed E-state index contributed by atoms with van der Waals surface area (Å²) >= 11 is 0. The molecule has 1 aromatic heterocycles. The Hall–Kier alpha value is -1.97. The molecule has 0 aliphatic rings. The van der Waals surface area contributed by atoms with E-state index < -0.39 is 0 Å². The smallest absolute Gasteiger partial charge is 0.261 e. The van der Waals surface area contributed by atoms with Crippen LogP contribution < -0.4 is 5.56 Å². The van der Waals surface area contributed by atoms with E-state index in [9.17, 15) is 9.59 Å². The van der Waals surface area contributed by atoms with E-state index in [4.69, 9.17) is 0 Å². The zero-order valence-corrected chi connectivity index (χ0v) is 9.72. The van der Waals surface area contributed by atoms with E-state index >= 15 is 0 Å². The SMILES string of the molecule is CC(=O)CCCn1cnc2ccccc2c1=O. The van der Waals surface area contributed by atoms with Crippen LogP contribution in [0.5, 0.6) is 0 Å². The third-order valence-electron chi connectivity index (χ3n) is 2.66. The van der Waals surface area contributed by atoms with Crippen molar-refractivity contribution >= 4 is 16.7 Å². The molecule has 4 nitrogen and oxygen atoms in total. The number of aryl methyl sites for hydroxylation is 1. The van der Waals surface area contributed by atoms with Gasteiger partial charge in [-0.25, -0.2) is 4.98 Å². The Balaban J connectivity index is 2.27. The fourth-order valence-electron chi connectivity index (χ4n) is 1.76. The first-order valence-corrected chi connectivity index (χ1v) is 5.62. The Morgan fingerprint density at radius 3 is 2.88 bits per heavy atom. The van der Waals surface area contributed by atoms with Gasteiger partial charge < -0.3 is 4.79 Å². The first kappa shape index (κ1) is 11.5. The zero-order valence-electron chi connectivity index (χ0n) is 9.72. The Bertz CT molecular complexity index is 602. The molecule has 4 heteroatoms. The highest BCUT2D eigenvalue weighted by Crippen LogP contribution is 2.05. The highest BCUT2D eigenvalue weighted by atomic mass is 16.1. The van der Waals surface area contributed by atoms with Crippen molar-refractivity contribution in [1.82, 2.24) is 9.55 Å². The third-order valence-corrected chi connectivity index (χ3v) is 2.66. The third kappa shape index (κ3) is 2.58. The molecule has 0 aliphatic carbocycles. The number of hydrogen-bond acceptors (Lipinski definition) is 3. The molecule has 1 heterocycles. The molecule has 88 valence electrons. The standard InChI is InChI=1S/C13H14N2O2/c1-10(16)5-4-8-15-9-14-12-7-3-2-6-11(12)13(15)17/h2-3,6-7,9H,4-5,8H2,1H3. The fourth-order valence-corrected chi connectivity index (χ4v) is 1.76.